The van der Waals surface area contributed by atoms with E-state index in [0.717, 1.165) is 11.3 Å². The average Bonchev–Trinajstić information content (AvgIpc) is 3.18. The van der Waals surface area contributed by atoms with Crippen LogP contribution in [0.1, 0.15) is 60.5 Å². The number of hydrogen-bond acceptors (Lipinski definition) is 6. The molecule has 0 saturated carbocycles. The van der Waals surface area contributed by atoms with Gasteiger partial charge < -0.3 is 15.2 Å². The molecule has 1 aromatic carbocycles. The summed E-state index contributed by atoms with van der Waals surface area (Å²) in [5, 5.41) is 12.4. The zero-order chi connectivity index (χ0) is 30.8. The first-order valence-electron chi connectivity index (χ1n) is 14.2. The number of ether oxygens (including phenoxy) is 1. The van der Waals surface area contributed by atoms with E-state index in [1.54, 1.807) is 23.5 Å². The lowest BCUT2D eigenvalue weighted by Crippen LogP contribution is -2.48. The molecule has 0 bridgehead atoms. The highest BCUT2D eigenvalue weighted by Crippen LogP contribution is 2.40. The number of carboxylic acid groups (broad SMARTS) is 1. The highest BCUT2D eigenvalue weighted by molar-refractivity contribution is 8.00. The first-order chi connectivity index (χ1) is 19.1. The third-order valence-corrected chi connectivity index (χ3v) is 8.92. The highest BCUT2D eigenvalue weighted by atomic mass is 32.2. The molecule has 0 radical (unpaired) electrons. The van der Waals surface area contributed by atoms with E-state index in [-0.39, 0.29) is 29.9 Å². The number of hydrogen-bond donors (Lipinski definition) is 2. The molecule has 1 saturated heterocycles. The van der Waals surface area contributed by atoms with Crippen molar-refractivity contribution in [1.82, 2.24) is 10.2 Å². The van der Waals surface area contributed by atoms with Crippen LogP contribution in [0.25, 0.3) is 0 Å². The molecule has 0 aliphatic carbocycles. The summed E-state index contributed by atoms with van der Waals surface area (Å²) in [6, 6.07) is 8.70. The zero-order valence-corrected chi connectivity index (χ0v) is 27.4. The van der Waals surface area contributed by atoms with Crippen LogP contribution in [0.4, 0.5) is 4.79 Å². The Hall–Kier alpha value is -2.39. The molecule has 2 amide bonds. The van der Waals surface area contributed by atoms with Crippen molar-refractivity contribution < 1.29 is 24.2 Å². The summed E-state index contributed by atoms with van der Waals surface area (Å²) in [6.07, 6.45) is 10.6. The standard InChI is InChI=1S/C32H48N2O5S2/c1-22(2)24(16-17-26-21-41-32(6,7)34(26)30(38)39-31(3,4)5)14-15-25(20-23-12-10-9-11-13-23)28(35)33-27(29(36)37)18-19-40-8/h9-17,22,24-27H,18-21H2,1-8H3,(H,33,35)(H,36,37)/b15-14-,17-16+/t24-,25+,26+,27-/m0/s1. The van der Waals surface area contributed by atoms with Crippen molar-refractivity contribution in [1.29, 1.82) is 0 Å². The van der Waals surface area contributed by atoms with Crippen LogP contribution in [0.2, 0.25) is 0 Å². The SMILES string of the molecule is CSCC[C@H](NC(=O)[C@H](/C=C\[C@@H](/C=C/[C@@H]1CSC(C)(C)N1C(=O)OC(C)(C)C)C(C)C)Cc1ccccc1)C(=O)O. The Morgan fingerprint density at radius 3 is 2.39 bits per heavy atom. The molecule has 0 aromatic heterocycles. The van der Waals surface area contributed by atoms with Gasteiger partial charge in [-0.25, -0.2) is 9.59 Å². The van der Waals surface area contributed by atoms with Gasteiger partial charge in [-0.2, -0.15) is 11.8 Å². The molecule has 1 aliphatic heterocycles. The van der Waals surface area contributed by atoms with E-state index in [2.05, 4.69) is 31.3 Å². The molecule has 0 spiro atoms. The van der Waals surface area contributed by atoms with Crippen LogP contribution in [-0.2, 0) is 20.7 Å². The Bertz CT molecular complexity index is 1070. The summed E-state index contributed by atoms with van der Waals surface area (Å²) < 4.78 is 5.71. The number of aliphatic carboxylic acids is 1. The van der Waals surface area contributed by atoms with Crippen LogP contribution in [0.15, 0.2) is 54.6 Å². The maximum absolute atomic E-state index is 13.4. The van der Waals surface area contributed by atoms with Crippen LogP contribution in [0.5, 0.6) is 0 Å². The average molecular weight is 605 g/mol. The van der Waals surface area contributed by atoms with Gasteiger partial charge in [0.1, 0.15) is 11.6 Å². The lowest BCUT2D eigenvalue weighted by Gasteiger charge is -2.35. The minimum atomic E-state index is -1.02. The topological polar surface area (TPSA) is 95.9 Å². The number of carbonyl (C=O) groups is 3. The van der Waals surface area contributed by atoms with Gasteiger partial charge in [0.05, 0.1) is 16.8 Å². The minimum absolute atomic E-state index is 0.0158. The van der Waals surface area contributed by atoms with E-state index in [1.807, 2.05) is 88.3 Å². The number of carbonyl (C=O) groups excluding carboxylic acids is 2. The summed E-state index contributed by atoms with van der Waals surface area (Å²) >= 11 is 3.27. The fourth-order valence-corrected chi connectivity index (χ4v) is 6.22. The second-order valence-electron chi connectivity index (χ2n) is 12.2. The van der Waals surface area contributed by atoms with Gasteiger partial charge in [0.15, 0.2) is 0 Å². The molecule has 41 heavy (non-hydrogen) atoms. The predicted molar refractivity (Wildman–Crippen MR) is 171 cm³/mol. The van der Waals surface area contributed by atoms with Crippen molar-refractivity contribution in [3.63, 3.8) is 0 Å². The molecular formula is C32H48N2O5S2. The van der Waals surface area contributed by atoms with Gasteiger partial charge in [-0.05, 0) is 76.9 Å². The van der Waals surface area contributed by atoms with E-state index in [9.17, 15) is 19.5 Å². The fourth-order valence-electron chi connectivity index (χ4n) is 4.56. The van der Waals surface area contributed by atoms with Crippen LogP contribution < -0.4 is 5.32 Å². The molecule has 2 N–H and O–H groups in total. The highest BCUT2D eigenvalue weighted by Gasteiger charge is 2.44. The van der Waals surface area contributed by atoms with E-state index in [0.29, 0.717) is 18.6 Å². The first kappa shape index (κ1) is 34.8. The molecule has 228 valence electrons. The molecule has 1 fully saturated rings. The largest absolute Gasteiger partial charge is 0.480 e. The monoisotopic (exact) mass is 604 g/mol. The van der Waals surface area contributed by atoms with Gasteiger partial charge in [0.25, 0.3) is 0 Å². The van der Waals surface area contributed by atoms with Crippen molar-refractivity contribution in [3.05, 3.63) is 60.2 Å². The number of amides is 2. The first-order valence-corrected chi connectivity index (χ1v) is 16.6. The minimum Gasteiger partial charge on any atom is -0.480 e. The zero-order valence-electron chi connectivity index (χ0n) is 25.8. The number of thioether (sulfide) groups is 2. The number of nitrogens with zero attached hydrogens (tertiary/aromatic N) is 1. The normalized spacial score (nSPS) is 19.4. The molecular weight excluding hydrogens is 556 g/mol. The Morgan fingerprint density at radius 1 is 1.17 bits per heavy atom. The molecule has 1 aliphatic rings. The number of rotatable bonds is 13. The second-order valence-corrected chi connectivity index (χ2v) is 14.9. The van der Waals surface area contributed by atoms with Crippen molar-refractivity contribution in [2.75, 3.05) is 17.8 Å². The Labute approximate surface area is 254 Å². The molecule has 4 atom stereocenters. The summed E-state index contributed by atoms with van der Waals surface area (Å²) in [5.41, 5.74) is 0.421. The Morgan fingerprint density at radius 2 is 1.83 bits per heavy atom. The van der Waals surface area contributed by atoms with Crippen LogP contribution in [-0.4, -0.2) is 68.3 Å². The van der Waals surface area contributed by atoms with Crippen LogP contribution in [0, 0.1) is 17.8 Å². The van der Waals surface area contributed by atoms with Crippen molar-refractivity contribution in [2.45, 2.75) is 83.9 Å². The van der Waals surface area contributed by atoms with E-state index in [4.69, 9.17) is 4.74 Å². The van der Waals surface area contributed by atoms with Crippen molar-refractivity contribution in [2.24, 2.45) is 17.8 Å². The quantitative estimate of drug-likeness (QED) is 0.244. The number of benzene rings is 1. The van der Waals surface area contributed by atoms with E-state index >= 15 is 0 Å². The lowest BCUT2D eigenvalue weighted by atomic mass is 9.90. The third-order valence-electron chi connectivity index (χ3n) is 6.86. The Kier molecular flexibility index (Phi) is 13.4. The maximum atomic E-state index is 13.4. The number of allylic oxidation sites excluding steroid dienone is 2. The van der Waals surface area contributed by atoms with Gasteiger partial charge in [-0.3, -0.25) is 9.69 Å². The lowest BCUT2D eigenvalue weighted by molar-refractivity contribution is -0.142. The van der Waals surface area contributed by atoms with Gasteiger partial charge in [-0.15, -0.1) is 11.8 Å². The van der Waals surface area contributed by atoms with E-state index < -0.39 is 28.4 Å². The van der Waals surface area contributed by atoms with Gasteiger partial charge in [-0.1, -0.05) is 68.5 Å². The molecule has 1 heterocycles. The molecule has 7 nitrogen and oxygen atoms in total. The van der Waals surface area contributed by atoms with Gasteiger partial charge in [0.2, 0.25) is 5.91 Å². The summed E-state index contributed by atoms with van der Waals surface area (Å²) in [5.74, 6) is -0.173. The smallest absolute Gasteiger partial charge is 0.411 e. The second kappa shape index (κ2) is 15.7. The maximum Gasteiger partial charge on any atom is 0.411 e. The third kappa shape index (κ3) is 11.4. The summed E-state index contributed by atoms with van der Waals surface area (Å²) in [4.78, 5) is 39.7. The van der Waals surface area contributed by atoms with Crippen LogP contribution >= 0.6 is 23.5 Å². The predicted octanol–water partition coefficient (Wildman–Crippen LogP) is 6.64. The summed E-state index contributed by atoms with van der Waals surface area (Å²) in [6.45, 7) is 13.9. The number of nitrogens with one attached hydrogen (secondary N) is 1. The summed E-state index contributed by atoms with van der Waals surface area (Å²) in [7, 11) is 0. The van der Waals surface area contributed by atoms with Crippen LogP contribution in [0.3, 0.4) is 0 Å². The molecule has 0 unspecified atom stereocenters. The molecule has 9 heteroatoms. The Balaban J connectivity index is 2.28. The van der Waals surface area contributed by atoms with Crippen molar-refractivity contribution in [3.8, 4) is 0 Å². The fraction of sp³-hybridized carbons (Fsp3) is 0.594. The van der Waals surface area contributed by atoms with Gasteiger partial charge in [0, 0.05) is 5.75 Å². The molecule has 1 aromatic rings. The van der Waals surface area contributed by atoms with E-state index in [1.165, 1.54) is 0 Å². The van der Waals surface area contributed by atoms with Crippen molar-refractivity contribution >= 4 is 41.5 Å². The van der Waals surface area contributed by atoms with Gasteiger partial charge >= 0.3 is 12.1 Å². The molecule has 2 rings (SSSR count). The number of carboxylic acids is 1.